The van der Waals surface area contributed by atoms with Crippen molar-refractivity contribution in [2.75, 3.05) is 13.6 Å². The van der Waals surface area contributed by atoms with Crippen molar-refractivity contribution in [1.29, 1.82) is 0 Å². The molecule has 1 amide bonds. The Bertz CT molecular complexity index is 824. The Kier molecular flexibility index (Phi) is 7.05. The fourth-order valence-corrected chi connectivity index (χ4v) is 5.49. The number of carbonyl (C=O) groups excluding carboxylic acids is 1. The molecule has 5 nitrogen and oxygen atoms in total. The third-order valence-corrected chi connectivity index (χ3v) is 7.36. The maximum Gasteiger partial charge on any atom is 0.416 e. The van der Waals surface area contributed by atoms with Crippen LogP contribution in [0.5, 0.6) is 0 Å². The van der Waals surface area contributed by atoms with Crippen LogP contribution in [0.25, 0.3) is 0 Å². The number of benzene rings is 1. The van der Waals surface area contributed by atoms with Crippen molar-refractivity contribution in [3.8, 4) is 0 Å². The van der Waals surface area contributed by atoms with Gasteiger partial charge in [0.1, 0.15) is 0 Å². The van der Waals surface area contributed by atoms with E-state index in [1.807, 2.05) is 32.7 Å². The number of halogens is 3. The van der Waals surface area contributed by atoms with E-state index in [-0.39, 0.29) is 28.9 Å². The third-order valence-electron chi connectivity index (χ3n) is 5.10. The van der Waals surface area contributed by atoms with Gasteiger partial charge in [0, 0.05) is 11.6 Å². The largest absolute Gasteiger partial charge is 0.416 e. The van der Waals surface area contributed by atoms with Gasteiger partial charge < -0.3 is 5.32 Å². The lowest BCUT2D eigenvalue weighted by Gasteiger charge is -2.34. The number of nitrogens with one attached hydrogen (secondary N) is 1. The number of hydrogen-bond acceptors (Lipinski definition) is 4. The van der Waals surface area contributed by atoms with Gasteiger partial charge in [0.25, 0.3) is 0 Å². The fourth-order valence-electron chi connectivity index (χ4n) is 3.65. The molecule has 0 saturated heterocycles. The Balaban J connectivity index is 2.00. The average molecular weight is 435 g/mol. The number of carbonyl (C=O) groups is 1. The molecule has 0 unspecified atom stereocenters. The van der Waals surface area contributed by atoms with Crippen LogP contribution in [-0.4, -0.2) is 49.6 Å². The molecule has 0 atom stereocenters. The predicted octanol–water partition coefficient (Wildman–Crippen LogP) is 3.64. The minimum atomic E-state index is -4.58. The van der Waals surface area contributed by atoms with Gasteiger partial charge in [0.15, 0.2) is 9.84 Å². The van der Waals surface area contributed by atoms with Crippen molar-refractivity contribution in [3.63, 3.8) is 0 Å². The monoisotopic (exact) mass is 434 g/mol. The van der Waals surface area contributed by atoms with E-state index in [1.54, 1.807) is 0 Å². The lowest BCUT2D eigenvalue weighted by Crippen LogP contribution is -2.48. The molecule has 0 spiro atoms. The first-order valence-electron chi connectivity index (χ1n) is 9.62. The molecule has 1 aliphatic rings. The standard InChI is InChI=1S/C20H29F3N2O3S/c1-19(2,3)24-18(26)13-25(4)15-8-10-16(11-9-15)29(27,28)17-7-5-6-14(12-17)20(21,22)23/h5-7,12,15-16H,8-11,13H2,1-4H3,(H,24,26). The van der Waals surface area contributed by atoms with Gasteiger partial charge in [0.2, 0.25) is 5.91 Å². The van der Waals surface area contributed by atoms with Crippen LogP contribution in [0.2, 0.25) is 0 Å². The first kappa shape index (κ1) is 23.7. The second kappa shape index (κ2) is 8.63. The zero-order valence-corrected chi connectivity index (χ0v) is 18.0. The van der Waals surface area contributed by atoms with Gasteiger partial charge in [-0.3, -0.25) is 9.69 Å². The number of sulfone groups is 1. The normalized spacial score (nSPS) is 21.2. The van der Waals surface area contributed by atoms with Gasteiger partial charge in [-0.2, -0.15) is 13.2 Å². The molecule has 1 aromatic carbocycles. The van der Waals surface area contributed by atoms with E-state index in [1.165, 1.54) is 6.07 Å². The molecular formula is C20H29F3N2O3S. The minimum Gasteiger partial charge on any atom is -0.350 e. The summed E-state index contributed by atoms with van der Waals surface area (Å²) in [5.74, 6) is -0.0984. The summed E-state index contributed by atoms with van der Waals surface area (Å²) in [6, 6.07) is 3.99. The smallest absolute Gasteiger partial charge is 0.350 e. The van der Waals surface area contributed by atoms with E-state index in [0.29, 0.717) is 31.7 Å². The van der Waals surface area contributed by atoms with Gasteiger partial charge in [-0.05, 0) is 71.7 Å². The highest BCUT2D eigenvalue weighted by atomic mass is 32.2. The molecule has 0 aromatic heterocycles. The van der Waals surface area contributed by atoms with Gasteiger partial charge in [-0.1, -0.05) is 6.07 Å². The number of nitrogens with zero attached hydrogens (tertiary/aromatic N) is 1. The number of amides is 1. The van der Waals surface area contributed by atoms with Gasteiger partial charge in [-0.25, -0.2) is 8.42 Å². The summed E-state index contributed by atoms with van der Waals surface area (Å²) in [7, 11) is -2.01. The van der Waals surface area contributed by atoms with Crippen LogP contribution in [0, 0.1) is 0 Å². The second-order valence-electron chi connectivity index (χ2n) is 8.71. The average Bonchev–Trinajstić information content (AvgIpc) is 2.59. The van der Waals surface area contributed by atoms with Crippen molar-refractivity contribution in [2.24, 2.45) is 0 Å². The molecule has 1 aliphatic carbocycles. The maximum atomic E-state index is 12.9. The van der Waals surface area contributed by atoms with E-state index in [0.717, 1.165) is 12.1 Å². The highest BCUT2D eigenvalue weighted by Gasteiger charge is 2.36. The molecule has 1 N–H and O–H groups in total. The van der Waals surface area contributed by atoms with Crippen molar-refractivity contribution < 1.29 is 26.4 Å². The summed E-state index contributed by atoms with van der Waals surface area (Å²) < 4.78 is 64.4. The van der Waals surface area contributed by atoms with Crippen LogP contribution < -0.4 is 5.32 Å². The summed E-state index contributed by atoms with van der Waals surface area (Å²) in [4.78, 5) is 13.7. The molecule has 1 fully saturated rings. The summed E-state index contributed by atoms with van der Waals surface area (Å²) >= 11 is 0. The molecule has 0 heterocycles. The predicted molar refractivity (Wildman–Crippen MR) is 105 cm³/mol. The van der Waals surface area contributed by atoms with Crippen LogP contribution in [0.1, 0.15) is 52.0 Å². The van der Waals surface area contributed by atoms with Crippen molar-refractivity contribution in [1.82, 2.24) is 10.2 Å². The number of rotatable bonds is 5. The maximum absolute atomic E-state index is 12.9. The molecule has 164 valence electrons. The molecule has 0 bridgehead atoms. The van der Waals surface area contributed by atoms with E-state index in [2.05, 4.69) is 5.32 Å². The molecule has 2 rings (SSSR count). The first-order valence-corrected chi connectivity index (χ1v) is 11.2. The lowest BCUT2D eigenvalue weighted by atomic mass is 9.94. The number of hydrogen-bond donors (Lipinski definition) is 1. The van der Waals surface area contributed by atoms with E-state index >= 15 is 0 Å². The van der Waals surface area contributed by atoms with Gasteiger partial charge >= 0.3 is 6.18 Å². The zero-order valence-electron chi connectivity index (χ0n) is 17.2. The van der Waals surface area contributed by atoms with Crippen LogP contribution in [0.4, 0.5) is 13.2 Å². The summed E-state index contributed by atoms with van der Waals surface area (Å²) in [6.45, 7) is 5.91. The molecule has 0 aliphatic heterocycles. The summed E-state index contributed by atoms with van der Waals surface area (Å²) in [5.41, 5.74) is -1.29. The van der Waals surface area contributed by atoms with Crippen LogP contribution in [-0.2, 0) is 20.8 Å². The van der Waals surface area contributed by atoms with Gasteiger partial charge in [-0.15, -0.1) is 0 Å². The van der Waals surface area contributed by atoms with Crippen molar-refractivity contribution in [3.05, 3.63) is 29.8 Å². The third kappa shape index (κ3) is 6.44. The second-order valence-corrected chi connectivity index (χ2v) is 10.9. The zero-order chi connectivity index (χ0) is 22.0. The van der Waals surface area contributed by atoms with Crippen LogP contribution in [0.3, 0.4) is 0 Å². The Labute approximate surface area is 170 Å². The lowest BCUT2D eigenvalue weighted by molar-refractivity contribution is -0.137. The van der Waals surface area contributed by atoms with Crippen molar-refractivity contribution in [2.45, 2.75) is 74.4 Å². The van der Waals surface area contributed by atoms with Gasteiger partial charge in [0.05, 0.1) is 22.3 Å². The molecule has 29 heavy (non-hydrogen) atoms. The number of alkyl halides is 3. The Morgan fingerprint density at radius 1 is 1.14 bits per heavy atom. The van der Waals surface area contributed by atoms with E-state index in [4.69, 9.17) is 0 Å². The topological polar surface area (TPSA) is 66.5 Å². The quantitative estimate of drug-likeness (QED) is 0.769. The minimum absolute atomic E-state index is 0.0636. The molecule has 9 heteroatoms. The highest BCUT2D eigenvalue weighted by Crippen LogP contribution is 2.34. The van der Waals surface area contributed by atoms with Crippen LogP contribution >= 0.6 is 0 Å². The van der Waals surface area contributed by atoms with E-state index in [9.17, 15) is 26.4 Å². The molecule has 1 aromatic rings. The Morgan fingerprint density at radius 2 is 1.72 bits per heavy atom. The van der Waals surface area contributed by atoms with Crippen molar-refractivity contribution >= 4 is 15.7 Å². The van der Waals surface area contributed by atoms with Crippen LogP contribution in [0.15, 0.2) is 29.2 Å². The first-order chi connectivity index (χ1) is 13.2. The Morgan fingerprint density at radius 3 is 2.24 bits per heavy atom. The number of likely N-dealkylation sites (N-methyl/N-ethyl adjacent to an activating group) is 1. The van der Waals surface area contributed by atoms with E-state index < -0.39 is 26.8 Å². The molecule has 1 saturated carbocycles. The Hall–Kier alpha value is -1.61. The molecular weight excluding hydrogens is 405 g/mol. The SMILES string of the molecule is CN(CC(=O)NC(C)(C)C)C1CCC(S(=O)(=O)c2cccc(C(F)(F)F)c2)CC1. The summed E-state index contributed by atoms with van der Waals surface area (Å²) in [5, 5.41) is 2.18. The fraction of sp³-hybridized carbons (Fsp3) is 0.650. The summed E-state index contributed by atoms with van der Waals surface area (Å²) in [6.07, 6.45) is -2.73. The highest BCUT2D eigenvalue weighted by molar-refractivity contribution is 7.92. The molecule has 0 radical (unpaired) electrons.